The molecule has 4 aromatic carbocycles. The van der Waals surface area contributed by atoms with Crippen molar-refractivity contribution in [3.05, 3.63) is 131 Å². The molecule has 0 spiro atoms. The molecular formula is C28H27O4P. The van der Waals surface area contributed by atoms with Crippen LogP contribution in [-0.2, 0) is 4.57 Å². The summed E-state index contributed by atoms with van der Waals surface area (Å²) in [5.74, 6) is 0.613. The maximum Gasteiger partial charge on any atom is 0.584 e. The van der Waals surface area contributed by atoms with Gasteiger partial charge < -0.3 is 9.05 Å². The Morgan fingerprint density at radius 2 is 0.909 bits per heavy atom. The minimum atomic E-state index is -4.45. The lowest BCUT2D eigenvalue weighted by Gasteiger charge is -2.22. The van der Waals surface area contributed by atoms with Gasteiger partial charge in [0.15, 0.2) is 0 Å². The van der Waals surface area contributed by atoms with Crippen molar-refractivity contribution in [3.63, 3.8) is 0 Å². The molecule has 1 N–H and O–H groups in total. The second-order valence-corrected chi connectivity index (χ2v) is 9.29. The molecule has 4 aromatic rings. The smallest absolute Gasteiger partial charge is 0.395 e. The first-order valence-electron chi connectivity index (χ1n) is 10.9. The molecule has 5 heteroatoms. The summed E-state index contributed by atoms with van der Waals surface area (Å²) < 4.78 is 24.3. The fourth-order valence-corrected chi connectivity index (χ4v) is 4.82. The number of hydrogen-bond donors (Lipinski definition) is 1. The molecule has 2 atom stereocenters. The summed E-state index contributed by atoms with van der Waals surface area (Å²) in [6.45, 7) is 4.08. The van der Waals surface area contributed by atoms with Crippen LogP contribution in [0.2, 0.25) is 0 Å². The van der Waals surface area contributed by atoms with E-state index in [0.717, 1.165) is 22.3 Å². The average molecular weight is 458 g/mol. The average Bonchev–Trinajstić information content (AvgIpc) is 2.84. The summed E-state index contributed by atoms with van der Waals surface area (Å²) in [6, 6.07) is 34.4. The normalized spacial score (nSPS) is 13.2. The van der Waals surface area contributed by atoms with Gasteiger partial charge >= 0.3 is 7.82 Å². The summed E-state index contributed by atoms with van der Waals surface area (Å²) in [6.07, 6.45) is 0. The van der Waals surface area contributed by atoms with E-state index < -0.39 is 7.82 Å². The predicted octanol–water partition coefficient (Wildman–Crippen LogP) is 7.55. The maximum atomic E-state index is 13.1. The van der Waals surface area contributed by atoms with Gasteiger partial charge in [-0.05, 0) is 23.3 Å². The van der Waals surface area contributed by atoms with Gasteiger partial charge in [0.05, 0.1) is 0 Å². The van der Waals surface area contributed by atoms with Crippen molar-refractivity contribution >= 4 is 7.82 Å². The Labute approximate surface area is 195 Å². The predicted molar refractivity (Wildman–Crippen MR) is 132 cm³/mol. The lowest BCUT2D eigenvalue weighted by atomic mass is 9.93. The zero-order valence-electron chi connectivity index (χ0n) is 18.7. The number of para-hydroxylation sites is 2. The highest BCUT2D eigenvalue weighted by Crippen LogP contribution is 2.48. The SMILES string of the molecule is C[C@H](c1ccccc1)c1ccccc1OP(=O)(O)Oc1ccccc1[C@H](C)c1ccccc1. The van der Waals surface area contributed by atoms with E-state index in [-0.39, 0.29) is 11.8 Å². The summed E-state index contributed by atoms with van der Waals surface area (Å²) in [5, 5.41) is 0. The number of phosphoric ester groups is 1. The minimum Gasteiger partial charge on any atom is -0.395 e. The molecule has 33 heavy (non-hydrogen) atoms. The molecule has 0 fully saturated rings. The van der Waals surface area contributed by atoms with Crippen LogP contribution in [-0.4, -0.2) is 4.89 Å². The Balaban J connectivity index is 1.59. The van der Waals surface area contributed by atoms with Crippen LogP contribution in [0.5, 0.6) is 11.5 Å². The van der Waals surface area contributed by atoms with Crippen molar-refractivity contribution in [1.82, 2.24) is 0 Å². The summed E-state index contributed by atoms with van der Waals surface area (Å²) in [4.78, 5) is 10.7. The van der Waals surface area contributed by atoms with Gasteiger partial charge in [-0.2, -0.15) is 0 Å². The van der Waals surface area contributed by atoms with Crippen LogP contribution in [0.1, 0.15) is 47.9 Å². The number of benzene rings is 4. The molecule has 0 unspecified atom stereocenters. The van der Waals surface area contributed by atoms with E-state index in [1.165, 1.54) is 0 Å². The molecule has 0 radical (unpaired) electrons. The fourth-order valence-electron chi connectivity index (χ4n) is 3.95. The molecule has 0 saturated carbocycles. The van der Waals surface area contributed by atoms with Gasteiger partial charge in [0.25, 0.3) is 0 Å². The van der Waals surface area contributed by atoms with E-state index in [1.54, 1.807) is 24.3 Å². The molecule has 168 valence electrons. The first kappa shape index (κ1) is 22.8. The molecule has 0 heterocycles. The van der Waals surface area contributed by atoms with Gasteiger partial charge in [-0.3, -0.25) is 4.89 Å². The maximum absolute atomic E-state index is 13.1. The summed E-state index contributed by atoms with van der Waals surface area (Å²) in [7, 11) is -4.45. The monoisotopic (exact) mass is 458 g/mol. The third kappa shape index (κ3) is 5.54. The third-order valence-corrected chi connectivity index (χ3v) is 6.65. The second-order valence-electron chi connectivity index (χ2n) is 7.99. The van der Waals surface area contributed by atoms with Gasteiger partial charge in [-0.15, -0.1) is 0 Å². The topological polar surface area (TPSA) is 55.8 Å². The first-order valence-corrected chi connectivity index (χ1v) is 12.4. The lowest BCUT2D eigenvalue weighted by molar-refractivity contribution is 0.288. The van der Waals surface area contributed by atoms with Crippen molar-refractivity contribution in [3.8, 4) is 11.5 Å². The molecule has 0 aliphatic rings. The van der Waals surface area contributed by atoms with Gasteiger partial charge in [0.1, 0.15) is 11.5 Å². The zero-order chi connectivity index (χ0) is 23.3. The quantitative estimate of drug-likeness (QED) is 0.277. The molecule has 4 nitrogen and oxygen atoms in total. The summed E-state index contributed by atoms with van der Waals surface area (Å²) in [5.41, 5.74) is 3.80. The molecular weight excluding hydrogens is 431 g/mol. The molecule has 0 bridgehead atoms. The van der Waals surface area contributed by atoms with Crippen LogP contribution >= 0.6 is 7.82 Å². The Morgan fingerprint density at radius 3 is 1.30 bits per heavy atom. The highest BCUT2D eigenvalue weighted by atomic mass is 31.2. The van der Waals surface area contributed by atoms with E-state index in [2.05, 4.69) is 0 Å². The van der Waals surface area contributed by atoms with Crippen molar-refractivity contribution < 1.29 is 18.5 Å². The Kier molecular flexibility index (Phi) is 6.98. The number of rotatable bonds is 8. The third-order valence-electron chi connectivity index (χ3n) is 5.80. The Morgan fingerprint density at radius 1 is 0.576 bits per heavy atom. The van der Waals surface area contributed by atoms with Crippen LogP contribution < -0.4 is 9.05 Å². The number of hydrogen-bond acceptors (Lipinski definition) is 3. The van der Waals surface area contributed by atoms with Crippen molar-refractivity contribution in [2.45, 2.75) is 25.7 Å². The highest BCUT2D eigenvalue weighted by molar-refractivity contribution is 7.48. The zero-order valence-corrected chi connectivity index (χ0v) is 19.6. The lowest BCUT2D eigenvalue weighted by Crippen LogP contribution is -2.06. The van der Waals surface area contributed by atoms with Gasteiger partial charge in [0, 0.05) is 23.0 Å². The van der Waals surface area contributed by atoms with Crippen molar-refractivity contribution in [2.75, 3.05) is 0 Å². The van der Waals surface area contributed by atoms with E-state index >= 15 is 0 Å². The van der Waals surface area contributed by atoms with Crippen molar-refractivity contribution in [2.24, 2.45) is 0 Å². The molecule has 0 aliphatic heterocycles. The second kappa shape index (κ2) is 10.1. The van der Waals surface area contributed by atoms with Gasteiger partial charge in [0.2, 0.25) is 0 Å². The molecule has 0 saturated heterocycles. The largest absolute Gasteiger partial charge is 0.584 e. The first-order chi connectivity index (χ1) is 15.9. The van der Waals surface area contributed by atoms with E-state index in [0.29, 0.717) is 11.5 Å². The fraction of sp³-hybridized carbons (Fsp3) is 0.143. The van der Waals surface area contributed by atoms with Crippen LogP contribution in [0.25, 0.3) is 0 Å². The van der Waals surface area contributed by atoms with Crippen LogP contribution in [0.4, 0.5) is 0 Å². The van der Waals surface area contributed by atoms with E-state index in [1.807, 2.05) is 98.8 Å². The van der Waals surface area contributed by atoms with Crippen LogP contribution in [0.15, 0.2) is 109 Å². The van der Waals surface area contributed by atoms with Gasteiger partial charge in [-0.1, -0.05) is 111 Å². The number of phosphoric acid groups is 1. The summed E-state index contributed by atoms with van der Waals surface area (Å²) >= 11 is 0. The highest BCUT2D eigenvalue weighted by Gasteiger charge is 2.29. The van der Waals surface area contributed by atoms with Crippen LogP contribution in [0.3, 0.4) is 0 Å². The molecule has 4 rings (SSSR count). The van der Waals surface area contributed by atoms with Gasteiger partial charge in [-0.25, -0.2) is 4.57 Å². The van der Waals surface area contributed by atoms with E-state index in [9.17, 15) is 9.46 Å². The molecule has 0 amide bonds. The van der Waals surface area contributed by atoms with Crippen LogP contribution in [0, 0.1) is 0 Å². The Hall–Kier alpha value is -3.33. The Bertz CT molecular complexity index is 1150. The van der Waals surface area contributed by atoms with Crippen molar-refractivity contribution in [1.29, 1.82) is 0 Å². The minimum absolute atomic E-state index is 0.0206. The van der Waals surface area contributed by atoms with E-state index in [4.69, 9.17) is 9.05 Å². The standard InChI is InChI=1S/C28H27O4P/c1-21(23-13-5-3-6-14-23)25-17-9-11-19-27(25)31-33(29,30)32-28-20-12-10-18-26(28)22(2)24-15-7-4-8-16-24/h3-22H,1-2H3,(H,29,30)/t21-,22-/m1/s1. The molecule has 0 aromatic heterocycles. The molecule has 0 aliphatic carbocycles.